The highest BCUT2D eigenvalue weighted by Crippen LogP contribution is 2.71. The van der Waals surface area contributed by atoms with Crippen molar-refractivity contribution in [2.45, 2.75) is 38.6 Å². The summed E-state index contributed by atoms with van der Waals surface area (Å²) >= 11 is 6.01. The number of alkyl halides is 1. The van der Waals surface area contributed by atoms with Crippen LogP contribution in [0.15, 0.2) is 12.3 Å². The molecule has 3 aliphatic carbocycles. The zero-order valence-electron chi connectivity index (χ0n) is 12.3. The van der Waals surface area contributed by atoms with Crippen molar-refractivity contribution in [3.63, 3.8) is 0 Å². The molecule has 110 valence electrons. The molecule has 0 amide bonds. The molecule has 3 aliphatic rings. The van der Waals surface area contributed by atoms with Crippen LogP contribution < -0.4 is 0 Å². The molecular formula is C17H20ClN3. The summed E-state index contributed by atoms with van der Waals surface area (Å²) in [6, 6.07) is 2.82. The van der Waals surface area contributed by atoms with Crippen LogP contribution in [0.25, 0.3) is 11.2 Å². The Labute approximate surface area is 129 Å². The van der Waals surface area contributed by atoms with Gasteiger partial charge in [0.25, 0.3) is 0 Å². The minimum Gasteiger partial charge on any atom is -0.309 e. The summed E-state index contributed by atoms with van der Waals surface area (Å²) in [6.45, 7) is 2.08. The van der Waals surface area contributed by atoms with Crippen LogP contribution in [0.3, 0.4) is 0 Å². The number of imidazole rings is 1. The van der Waals surface area contributed by atoms with E-state index in [1.165, 1.54) is 24.8 Å². The second-order valence-electron chi connectivity index (χ2n) is 7.17. The fourth-order valence-electron chi connectivity index (χ4n) is 5.33. The van der Waals surface area contributed by atoms with Crippen molar-refractivity contribution in [2.75, 3.05) is 5.88 Å². The maximum absolute atomic E-state index is 6.01. The average Bonchev–Trinajstić information content (AvgIpc) is 2.82. The standard InChI is InChI=1S/C17H20ClN3/c1-9-6-12-17(19-8-9)21(13(20-12)4-5-18)16-14-10-2-3-11(7-10)15(14)16/h6,8,10-11,14-16H,2-5,7H2,1H3. The molecule has 0 saturated heterocycles. The average molecular weight is 302 g/mol. The van der Waals surface area contributed by atoms with Crippen LogP contribution in [-0.2, 0) is 6.42 Å². The summed E-state index contributed by atoms with van der Waals surface area (Å²) in [5.74, 6) is 5.53. The Kier molecular flexibility index (Phi) is 2.50. The molecule has 4 heteroatoms. The SMILES string of the molecule is Cc1cnc2c(c1)nc(CCCl)n2C1C2C3CCC(C3)C21. The smallest absolute Gasteiger partial charge is 0.160 e. The van der Waals surface area contributed by atoms with Gasteiger partial charge in [-0.05, 0) is 61.5 Å². The van der Waals surface area contributed by atoms with Gasteiger partial charge in [-0.15, -0.1) is 11.6 Å². The second-order valence-corrected chi connectivity index (χ2v) is 7.55. The minimum atomic E-state index is 0.636. The third kappa shape index (κ3) is 1.61. The van der Waals surface area contributed by atoms with Crippen molar-refractivity contribution in [3.8, 4) is 0 Å². The van der Waals surface area contributed by atoms with Gasteiger partial charge in [0.2, 0.25) is 0 Å². The molecule has 0 aromatic carbocycles. The van der Waals surface area contributed by atoms with Gasteiger partial charge in [0.15, 0.2) is 5.65 Å². The number of aromatic nitrogens is 3. The molecule has 2 aromatic heterocycles. The topological polar surface area (TPSA) is 30.7 Å². The van der Waals surface area contributed by atoms with E-state index in [0.717, 1.165) is 47.1 Å². The van der Waals surface area contributed by atoms with Crippen molar-refractivity contribution in [1.82, 2.24) is 14.5 Å². The first-order chi connectivity index (χ1) is 10.3. The predicted molar refractivity (Wildman–Crippen MR) is 83.5 cm³/mol. The van der Waals surface area contributed by atoms with E-state index in [4.69, 9.17) is 21.6 Å². The van der Waals surface area contributed by atoms with E-state index >= 15 is 0 Å². The van der Waals surface area contributed by atoms with Crippen LogP contribution in [0.4, 0.5) is 0 Å². The van der Waals surface area contributed by atoms with Crippen molar-refractivity contribution >= 4 is 22.8 Å². The first-order valence-corrected chi connectivity index (χ1v) is 8.71. The normalized spacial score (nSPS) is 36.4. The number of pyridine rings is 1. The Hall–Kier alpha value is -1.09. The molecule has 21 heavy (non-hydrogen) atoms. The second kappa shape index (κ2) is 4.22. The van der Waals surface area contributed by atoms with Gasteiger partial charge in [-0.2, -0.15) is 0 Å². The lowest BCUT2D eigenvalue weighted by Crippen LogP contribution is -2.09. The summed E-state index contributed by atoms with van der Waals surface area (Å²) in [7, 11) is 0. The van der Waals surface area contributed by atoms with Crippen LogP contribution in [-0.4, -0.2) is 20.4 Å². The van der Waals surface area contributed by atoms with Crippen molar-refractivity contribution < 1.29 is 0 Å². The van der Waals surface area contributed by atoms with Gasteiger partial charge in [-0.3, -0.25) is 0 Å². The van der Waals surface area contributed by atoms with Crippen molar-refractivity contribution in [2.24, 2.45) is 23.7 Å². The lowest BCUT2D eigenvalue weighted by molar-refractivity contribution is 0.451. The van der Waals surface area contributed by atoms with E-state index in [9.17, 15) is 0 Å². The van der Waals surface area contributed by atoms with E-state index in [1.807, 2.05) is 6.20 Å². The van der Waals surface area contributed by atoms with Gasteiger partial charge in [0, 0.05) is 24.5 Å². The lowest BCUT2D eigenvalue weighted by atomic mass is 10.0. The van der Waals surface area contributed by atoms with Crippen molar-refractivity contribution in [1.29, 1.82) is 0 Å². The predicted octanol–water partition coefficient (Wildman–Crippen LogP) is 3.74. The molecular weight excluding hydrogens is 282 g/mol. The summed E-state index contributed by atoms with van der Waals surface area (Å²) in [5, 5.41) is 0. The zero-order chi connectivity index (χ0) is 14.1. The zero-order valence-corrected chi connectivity index (χ0v) is 13.1. The molecule has 0 radical (unpaired) electrons. The van der Waals surface area contributed by atoms with Gasteiger partial charge >= 0.3 is 0 Å². The summed E-state index contributed by atoms with van der Waals surface area (Å²) in [5.41, 5.74) is 3.31. The van der Waals surface area contributed by atoms with Gasteiger partial charge in [0.1, 0.15) is 11.3 Å². The summed E-state index contributed by atoms with van der Waals surface area (Å²) in [6.07, 6.45) is 7.20. The molecule has 2 heterocycles. The van der Waals surface area contributed by atoms with E-state index in [2.05, 4.69) is 17.6 Å². The summed E-state index contributed by atoms with van der Waals surface area (Å²) < 4.78 is 2.46. The van der Waals surface area contributed by atoms with E-state index in [-0.39, 0.29) is 0 Å². The first-order valence-electron chi connectivity index (χ1n) is 8.17. The molecule has 4 unspecified atom stereocenters. The molecule has 3 saturated carbocycles. The van der Waals surface area contributed by atoms with Crippen LogP contribution in [0, 0.1) is 30.6 Å². The molecule has 5 rings (SSSR count). The monoisotopic (exact) mass is 301 g/mol. The Balaban J connectivity index is 1.63. The first kappa shape index (κ1) is 12.5. The fourth-order valence-corrected chi connectivity index (χ4v) is 5.50. The third-order valence-corrected chi connectivity index (χ3v) is 6.24. The Morgan fingerprint density at radius 2 is 2.05 bits per heavy atom. The molecule has 4 atom stereocenters. The van der Waals surface area contributed by atoms with Crippen molar-refractivity contribution in [3.05, 3.63) is 23.7 Å². The van der Waals surface area contributed by atoms with Crippen LogP contribution >= 0.6 is 11.6 Å². The van der Waals surface area contributed by atoms with E-state index in [0.29, 0.717) is 11.9 Å². The fraction of sp³-hybridized carbons (Fsp3) is 0.647. The number of aryl methyl sites for hydroxylation is 2. The molecule has 2 aromatic rings. The number of fused-ring (bicyclic) bond motifs is 6. The maximum Gasteiger partial charge on any atom is 0.160 e. The Morgan fingerprint density at radius 1 is 1.29 bits per heavy atom. The number of nitrogens with zero attached hydrogens (tertiary/aromatic N) is 3. The summed E-state index contributed by atoms with van der Waals surface area (Å²) in [4.78, 5) is 9.54. The molecule has 0 aliphatic heterocycles. The van der Waals surface area contributed by atoms with Gasteiger partial charge < -0.3 is 4.57 Å². The Bertz CT molecular complexity index is 706. The van der Waals surface area contributed by atoms with Crippen LogP contribution in [0.2, 0.25) is 0 Å². The minimum absolute atomic E-state index is 0.636. The number of hydrogen-bond acceptors (Lipinski definition) is 2. The molecule has 3 nitrogen and oxygen atoms in total. The largest absolute Gasteiger partial charge is 0.309 e. The van der Waals surface area contributed by atoms with E-state index < -0.39 is 0 Å². The van der Waals surface area contributed by atoms with Gasteiger partial charge in [-0.1, -0.05) is 0 Å². The number of hydrogen-bond donors (Lipinski definition) is 0. The third-order valence-electron chi connectivity index (χ3n) is 6.05. The molecule has 3 fully saturated rings. The quantitative estimate of drug-likeness (QED) is 0.809. The van der Waals surface area contributed by atoms with E-state index in [1.54, 1.807) is 0 Å². The Morgan fingerprint density at radius 3 is 2.76 bits per heavy atom. The van der Waals surface area contributed by atoms with Crippen LogP contribution in [0.1, 0.15) is 36.7 Å². The number of rotatable bonds is 3. The highest BCUT2D eigenvalue weighted by molar-refractivity contribution is 6.17. The van der Waals surface area contributed by atoms with Gasteiger partial charge in [-0.25, -0.2) is 9.97 Å². The van der Waals surface area contributed by atoms with Crippen LogP contribution in [0.5, 0.6) is 0 Å². The molecule has 0 N–H and O–H groups in total. The highest BCUT2D eigenvalue weighted by atomic mass is 35.5. The molecule has 0 spiro atoms. The maximum atomic E-state index is 6.01. The number of halogens is 1. The lowest BCUT2D eigenvalue weighted by Gasteiger charge is -2.13. The van der Waals surface area contributed by atoms with Gasteiger partial charge in [0.05, 0.1) is 0 Å². The molecule has 2 bridgehead atoms. The highest BCUT2D eigenvalue weighted by Gasteiger charge is 2.66.